The molecule has 6 heteroatoms. The number of nitrogens with one attached hydrogen (secondary N) is 2. The van der Waals surface area contributed by atoms with Gasteiger partial charge in [-0.1, -0.05) is 0 Å². The van der Waals surface area contributed by atoms with Gasteiger partial charge in [-0.05, 0) is 57.6 Å². The number of amides is 2. The molecule has 0 aromatic heterocycles. The first-order valence-corrected chi connectivity index (χ1v) is 7.89. The first-order chi connectivity index (χ1) is 11.0. The highest BCUT2D eigenvalue weighted by atomic mass is 16.5. The molecule has 6 nitrogen and oxygen atoms in total. The molecule has 1 aliphatic rings. The summed E-state index contributed by atoms with van der Waals surface area (Å²) in [5, 5.41) is 5.83. The molecule has 0 aliphatic carbocycles. The standard InChI is InChI=1S/C17H25N3O3/c1-12-10-14(18-17(22)13-6-8-23-9-7-13)4-5-15(12)19-16(21)11-20(2)3/h4-5,10,13H,6-9,11H2,1-3H3,(H,18,22)(H,19,21). The van der Waals surface area contributed by atoms with E-state index in [0.29, 0.717) is 19.8 Å². The van der Waals surface area contributed by atoms with Crippen LogP contribution in [0.1, 0.15) is 18.4 Å². The predicted octanol–water partition coefficient (Wildman–Crippen LogP) is 1.86. The van der Waals surface area contributed by atoms with Gasteiger partial charge in [0.25, 0.3) is 0 Å². The highest BCUT2D eigenvalue weighted by Gasteiger charge is 2.21. The van der Waals surface area contributed by atoms with Gasteiger partial charge in [-0.2, -0.15) is 0 Å². The molecule has 0 spiro atoms. The summed E-state index contributed by atoms with van der Waals surface area (Å²) in [6, 6.07) is 5.51. The molecule has 2 amide bonds. The van der Waals surface area contributed by atoms with Gasteiger partial charge < -0.3 is 20.3 Å². The van der Waals surface area contributed by atoms with Gasteiger partial charge in [-0.25, -0.2) is 0 Å². The van der Waals surface area contributed by atoms with Crippen LogP contribution in [0.3, 0.4) is 0 Å². The minimum absolute atomic E-state index is 0.0172. The van der Waals surface area contributed by atoms with Crippen LogP contribution in [0.5, 0.6) is 0 Å². The molecule has 1 saturated heterocycles. The third-order valence-corrected chi connectivity index (χ3v) is 3.82. The van der Waals surface area contributed by atoms with Crippen molar-refractivity contribution >= 4 is 23.2 Å². The first kappa shape index (κ1) is 17.4. The average Bonchev–Trinajstić information content (AvgIpc) is 2.50. The number of carbonyl (C=O) groups is 2. The molecule has 126 valence electrons. The molecule has 0 radical (unpaired) electrons. The zero-order valence-electron chi connectivity index (χ0n) is 14.0. The van der Waals surface area contributed by atoms with Crippen LogP contribution in [-0.2, 0) is 14.3 Å². The number of hydrogen-bond acceptors (Lipinski definition) is 4. The lowest BCUT2D eigenvalue weighted by atomic mass is 9.99. The second-order valence-corrected chi connectivity index (χ2v) is 6.19. The topological polar surface area (TPSA) is 70.7 Å². The Morgan fingerprint density at radius 1 is 1.22 bits per heavy atom. The van der Waals surface area contributed by atoms with E-state index in [4.69, 9.17) is 4.74 Å². The van der Waals surface area contributed by atoms with Crippen LogP contribution >= 0.6 is 0 Å². The Kier molecular flexibility index (Phi) is 6.12. The van der Waals surface area contributed by atoms with Crippen molar-refractivity contribution in [3.8, 4) is 0 Å². The Labute approximate surface area is 137 Å². The SMILES string of the molecule is Cc1cc(NC(=O)C2CCOCC2)ccc1NC(=O)CN(C)C. The molecule has 0 atom stereocenters. The Morgan fingerprint density at radius 2 is 1.91 bits per heavy atom. The number of likely N-dealkylation sites (N-methyl/N-ethyl adjacent to an activating group) is 1. The molecule has 2 rings (SSSR count). The van der Waals surface area contributed by atoms with Crippen LogP contribution in [0.15, 0.2) is 18.2 Å². The normalized spacial score (nSPS) is 15.5. The van der Waals surface area contributed by atoms with Gasteiger partial charge in [-0.15, -0.1) is 0 Å². The fraction of sp³-hybridized carbons (Fsp3) is 0.529. The second-order valence-electron chi connectivity index (χ2n) is 6.19. The number of hydrogen-bond donors (Lipinski definition) is 2. The van der Waals surface area contributed by atoms with Crippen molar-refractivity contribution in [1.29, 1.82) is 0 Å². The van der Waals surface area contributed by atoms with Crippen molar-refractivity contribution in [1.82, 2.24) is 4.90 Å². The summed E-state index contributed by atoms with van der Waals surface area (Å²) in [6.45, 7) is 3.54. The summed E-state index contributed by atoms with van der Waals surface area (Å²) >= 11 is 0. The van der Waals surface area contributed by atoms with Crippen LogP contribution in [0, 0.1) is 12.8 Å². The molecular formula is C17H25N3O3. The van der Waals surface area contributed by atoms with Crippen LogP contribution < -0.4 is 10.6 Å². The average molecular weight is 319 g/mol. The Morgan fingerprint density at radius 3 is 2.52 bits per heavy atom. The molecule has 0 unspecified atom stereocenters. The number of aryl methyl sites for hydroxylation is 1. The number of benzene rings is 1. The number of nitrogens with zero attached hydrogens (tertiary/aromatic N) is 1. The van der Waals surface area contributed by atoms with E-state index < -0.39 is 0 Å². The predicted molar refractivity (Wildman–Crippen MR) is 90.5 cm³/mol. The van der Waals surface area contributed by atoms with Gasteiger partial charge in [-0.3, -0.25) is 9.59 Å². The van der Waals surface area contributed by atoms with E-state index >= 15 is 0 Å². The van der Waals surface area contributed by atoms with Crippen molar-refractivity contribution in [3.05, 3.63) is 23.8 Å². The van der Waals surface area contributed by atoms with Crippen LogP contribution in [0.4, 0.5) is 11.4 Å². The largest absolute Gasteiger partial charge is 0.381 e. The van der Waals surface area contributed by atoms with Gasteiger partial charge in [0.15, 0.2) is 0 Å². The third kappa shape index (κ3) is 5.33. The van der Waals surface area contributed by atoms with Gasteiger partial charge in [0.2, 0.25) is 11.8 Å². The highest BCUT2D eigenvalue weighted by molar-refractivity contribution is 5.95. The number of anilines is 2. The van der Waals surface area contributed by atoms with Gasteiger partial charge in [0.1, 0.15) is 0 Å². The molecular weight excluding hydrogens is 294 g/mol. The molecule has 1 aromatic rings. The quantitative estimate of drug-likeness (QED) is 0.869. The fourth-order valence-electron chi connectivity index (χ4n) is 2.56. The van der Waals surface area contributed by atoms with Crippen LogP contribution in [0.25, 0.3) is 0 Å². The number of rotatable bonds is 5. The van der Waals surface area contributed by atoms with Gasteiger partial charge >= 0.3 is 0 Å². The summed E-state index contributed by atoms with van der Waals surface area (Å²) in [5.41, 5.74) is 2.44. The zero-order valence-corrected chi connectivity index (χ0v) is 14.0. The molecule has 1 aromatic carbocycles. The molecule has 0 bridgehead atoms. The van der Waals surface area contributed by atoms with E-state index in [1.165, 1.54) is 0 Å². The molecule has 0 saturated carbocycles. The third-order valence-electron chi connectivity index (χ3n) is 3.82. The van der Waals surface area contributed by atoms with E-state index in [1.807, 2.05) is 44.1 Å². The Hall–Kier alpha value is -1.92. The summed E-state index contributed by atoms with van der Waals surface area (Å²) in [5.74, 6) is -0.00212. The molecule has 2 N–H and O–H groups in total. The number of carbonyl (C=O) groups excluding carboxylic acids is 2. The van der Waals surface area contributed by atoms with Gasteiger partial charge in [0.05, 0.1) is 6.54 Å². The lowest BCUT2D eigenvalue weighted by molar-refractivity contribution is -0.122. The maximum Gasteiger partial charge on any atom is 0.238 e. The first-order valence-electron chi connectivity index (χ1n) is 7.89. The minimum Gasteiger partial charge on any atom is -0.381 e. The minimum atomic E-state index is -0.0582. The molecule has 1 fully saturated rings. The monoisotopic (exact) mass is 319 g/mol. The second kappa shape index (κ2) is 8.08. The van der Waals surface area contributed by atoms with E-state index in [1.54, 1.807) is 0 Å². The molecule has 1 aliphatic heterocycles. The Balaban J connectivity index is 1.95. The van der Waals surface area contributed by atoms with Crippen LogP contribution in [-0.4, -0.2) is 50.6 Å². The van der Waals surface area contributed by atoms with Crippen molar-refractivity contribution in [3.63, 3.8) is 0 Å². The maximum absolute atomic E-state index is 12.2. The smallest absolute Gasteiger partial charge is 0.238 e. The van der Waals surface area contributed by atoms with E-state index in [9.17, 15) is 9.59 Å². The van der Waals surface area contributed by atoms with Crippen molar-refractivity contribution < 1.29 is 14.3 Å². The maximum atomic E-state index is 12.2. The Bertz CT molecular complexity index is 566. The lowest BCUT2D eigenvalue weighted by Gasteiger charge is -2.21. The van der Waals surface area contributed by atoms with E-state index in [0.717, 1.165) is 29.8 Å². The van der Waals surface area contributed by atoms with E-state index in [2.05, 4.69) is 10.6 Å². The van der Waals surface area contributed by atoms with Crippen molar-refractivity contribution in [2.45, 2.75) is 19.8 Å². The molecule has 1 heterocycles. The lowest BCUT2D eigenvalue weighted by Crippen LogP contribution is -2.28. The summed E-state index contributed by atoms with van der Waals surface area (Å²) in [4.78, 5) is 25.8. The summed E-state index contributed by atoms with van der Waals surface area (Å²) in [6.07, 6.45) is 1.53. The summed E-state index contributed by atoms with van der Waals surface area (Å²) in [7, 11) is 3.70. The van der Waals surface area contributed by atoms with Gasteiger partial charge in [0, 0.05) is 30.5 Å². The zero-order chi connectivity index (χ0) is 16.8. The highest BCUT2D eigenvalue weighted by Crippen LogP contribution is 2.22. The van der Waals surface area contributed by atoms with Crippen LogP contribution in [0.2, 0.25) is 0 Å². The van der Waals surface area contributed by atoms with Crippen molar-refractivity contribution in [2.24, 2.45) is 5.92 Å². The van der Waals surface area contributed by atoms with E-state index in [-0.39, 0.29) is 17.7 Å². The molecule has 23 heavy (non-hydrogen) atoms. The van der Waals surface area contributed by atoms with Crippen molar-refractivity contribution in [2.75, 3.05) is 44.5 Å². The summed E-state index contributed by atoms with van der Waals surface area (Å²) < 4.78 is 5.28. The number of ether oxygens (including phenoxy) is 1. The fourth-order valence-corrected chi connectivity index (χ4v) is 2.56.